The number of rotatable bonds is 5. The van der Waals surface area contributed by atoms with E-state index < -0.39 is 0 Å². The molecule has 4 rings (SSSR count). The number of halogens is 2. The lowest BCUT2D eigenvalue weighted by Gasteiger charge is -2.05. The lowest BCUT2D eigenvalue weighted by molar-refractivity contribution is -0.683. The second-order valence-electron chi connectivity index (χ2n) is 7.13. The van der Waals surface area contributed by atoms with Crippen molar-refractivity contribution in [1.82, 2.24) is 0 Å². The summed E-state index contributed by atoms with van der Waals surface area (Å²) >= 11 is 0. The number of pyridine rings is 2. The molecule has 4 heteroatoms. The van der Waals surface area contributed by atoms with E-state index in [2.05, 4.69) is 96.0 Å². The molecule has 0 saturated carbocycles. The van der Waals surface area contributed by atoms with Crippen molar-refractivity contribution in [2.75, 3.05) is 0 Å². The molecule has 0 atom stereocenters. The highest BCUT2D eigenvalue weighted by atomic mass is 127. The Hall–Kier alpha value is -1.28. The monoisotopic (exact) mass is 612 g/mol. The molecule has 0 aliphatic rings. The highest BCUT2D eigenvalue weighted by Gasteiger charge is 2.12. The second-order valence-corrected chi connectivity index (χ2v) is 7.13. The van der Waals surface area contributed by atoms with E-state index >= 15 is 0 Å². The molecule has 0 radical (unpaired) electrons. The van der Waals surface area contributed by atoms with Crippen LogP contribution in [0.2, 0.25) is 0 Å². The average molecular weight is 612 g/mol. The molecule has 0 unspecified atom stereocenters. The summed E-state index contributed by atoms with van der Waals surface area (Å²) in [5.41, 5.74) is 5.36. The lowest BCUT2D eigenvalue weighted by atomic mass is 10.1. The van der Waals surface area contributed by atoms with Crippen LogP contribution < -0.4 is 57.1 Å². The standard InChI is InChI=1S/C24H26N2.CH4.2HI/c1-19-13-17-25(23-11-5-3-9-21(19)23)15-7-8-16-26-18-14-20(2)22-10-4-6-12-24(22)26;;;/h3-6,9-14,17-18H,7-8,15-16H2,1-2H3;1H4;2*1H/q+2;;;/p-2. The van der Waals surface area contributed by atoms with Crippen molar-refractivity contribution in [1.29, 1.82) is 0 Å². The Bertz CT molecular complexity index is 990. The van der Waals surface area contributed by atoms with Crippen LogP contribution in [0.5, 0.6) is 0 Å². The minimum absolute atomic E-state index is 0. The number of hydrogen-bond acceptors (Lipinski definition) is 0. The first-order chi connectivity index (χ1) is 12.7. The molecule has 2 heterocycles. The predicted octanol–water partition coefficient (Wildman–Crippen LogP) is -0.691. The van der Waals surface area contributed by atoms with Crippen LogP contribution in [0.1, 0.15) is 31.4 Å². The maximum atomic E-state index is 2.39. The number of fused-ring (bicyclic) bond motifs is 2. The van der Waals surface area contributed by atoms with Crippen LogP contribution in [0.25, 0.3) is 21.8 Å². The topological polar surface area (TPSA) is 7.76 Å². The first kappa shape index (κ1) is 25.8. The lowest BCUT2D eigenvalue weighted by Crippen LogP contribution is -3.00. The van der Waals surface area contributed by atoms with Gasteiger partial charge in [-0.1, -0.05) is 31.7 Å². The maximum Gasteiger partial charge on any atom is 0.212 e. The van der Waals surface area contributed by atoms with E-state index in [4.69, 9.17) is 0 Å². The number of nitrogens with zero attached hydrogens (tertiary/aromatic N) is 2. The van der Waals surface area contributed by atoms with E-state index in [1.165, 1.54) is 45.8 Å². The number of aryl methyl sites for hydroxylation is 4. The molecule has 0 bridgehead atoms. The Labute approximate surface area is 209 Å². The third-order valence-electron chi connectivity index (χ3n) is 5.33. The normalized spacial score (nSPS) is 10.1. The summed E-state index contributed by atoms with van der Waals surface area (Å²) in [7, 11) is 0. The minimum Gasteiger partial charge on any atom is -1.00 e. The largest absolute Gasteiger partial charge is 1.00 e. The summed E-state index contributed by atoms with van der Waals surface area (Å²) in [5.74, 6) is 0. The van der Waals surface area contributed by atoms with E-state index in [1.807, 2.05) is 0 Å². The van der Waals surface area contributed by atoms with Crippen molar-refractivity contribution in [3.05, 3.63) is 84.2 Å². The van der Waals surface area contributed by atoms with Crippen molar-refractivity contribution in [3.63, 3.8) is 0 Å². The third kappa shape index (κ3) is 5.66. The SMILES string of the molecule is C.Cc1cc[n+](CCCC[n+]2ccc(C)c3ccccc32)c2ccccc12.[I-].[I-]. The van der Waals surface area contributed by atoms with Gasteiger partial charge in [0.05, 0.1) is 0 Å². The van der Waals surface area contributed by atoms with Crippen LogP contribution in [-0.4, -0.2) is 0 Å². The van der Waals surface area contributed by atoms with Crippen LogP contribution in [0.15, 0.2) is 73.1 Å². The van der Waals surface area contributed by atoms with Gasteiger partial charge in [-0.25, -0.2) is 0 Å². The van der Waals surface area contributed by atoms with E-state index in [0.717, 1.165) is 13.1 Å². The summed E-state index contributed by atoms with van der Waals surface area (Å²) in [6, 6.07) is 21.9. The fraction of sp³-hybridized carbons (Fsp3) is 0.280. The predicted molar refractivity (Wildman–Crippen MR) is 114 cm³/mol. The summed E-state index contributed by atoms with van der Waals surface area (Å²) in [6.45, 7) is 6.49. The zero-order chi connectivity index (χ0) is 17.9. The first-order valence-corrected chi connectivity index (χ1v) is 9.49. The fourth-order valence-corrected chi connectivity index (χ4v) is 3.81. The second kappa shape index (κ2) is 11.8. The van der Waals surface area contributed by atoms with Crippen LogP contribution in [-0.2, 0) is 13.1 Å². The minimum atomic E-state index is 0. The van der Waals surface area contributed by atoms with Gasteiger partial charge < -0.3 is 48.0 Å². The molecule has 0 amide bonds. The zero-order valence-electron chi connectivity index (χ0n) is 16.4. The smallest absolute Gasteiger partial charge is 0.212 e. The Morgan fingerprint density at radius 1 is 0.586 bits per heavy atom. The number of aromatic nitrogens is 2. The van der Waals surface area contributed by atoms with Gasteiger partial charge in [-0.05, 0) is 37.1 Å². The number of unbranched alkanes of at least 4 members (excludes halogenated alkanes) is 1. The van der Waals surface area contributed by atoms with E-state index in [0.29, 0.717) is 0 Å². The number of benzene rings is 2. The van der Waals surface area contributed by atoms with E-state index in [-0.39, 0.29) is 55.4 Å². The van der Waals surface area contributed by atoms with Crippen LogP contribution in [0, 0.1) is 13.8 Å². The van der Waals surface area contributed by atoms with Crippen LogP contribution in [0.3, 0.4) is 0 Å². The van der Waals surface area contributed by atoms with Crippen molar-refractivity contribution < 1.29 is 57.1 Å². The number of hydrogen-bond donors (Lipinski definition) is 0. The van der Waals surface area contributed by atoms with Gasteiger partial charge in [-0.2, -0.15) is 9.13 Å². The highest BCUT2D eigenvalue weighted by Crippen LogP contribution is 2.15. The molecule has 2 aromatic carbocycles. The molecular weight excluding hydrogens is 582 g/mol. The van der Waals surface area contributed by atoms with Crippen molar-refractivity contribution >= 4 is 21.8 Å². The quantitative estimate of drug-likeness (QED) is 0.160. The average Bonchev–Trinajstić information content (AvgIpc) is 2.69. The molecule has 4 aromatic rings. The van der Waals surface area contributed by atoms with Gasteiger partial charge in [0.15, 0.2) is 12.4 Å². The first-order valence-electron chi connectivity index (χ1n) is 9.49. The van der Waals surface area contributed by atoms with Gasteiger partial charge in [0.2, 0.25) is 11.0 Å². The third-order valence-corrected chi connectivity index (χ3v) is 5.33. The number of para-hydroxylation sites is 2. The summed E-state index contributed by atoms with van der Waals surface area (Å²) in [5, 5.41) is 2.71. The molecule has 154 valence electrons. The van der Waals surface area contributed by atoms with Gasteiger partial charge in [0.25, 0.3) is 0 Å². The highest BCUT2D eigenvalue weighted by molar-refractivity contribution is 5.79. The Kier molecular flexibility index (Phi) is 10.5. The van der Waals surface area contributed by atoms with Crippen LogP contribution >= 0.6 is 0 Å². The Morgan fingerprint density at radius 3 is 1.38 bits per heavy atom. The molecule has 0 saturated heterocycles. The molecule has 0 spiro atoms. The van der Waals surface area contributed by atoms with Crippen molar-refractivity contribution in [2.24, 2.45) is 0 Å². The van der Waals surface area contributed by atoms with Crippen molar-refractivity contribution in [2.45, 2.75) is 47.2 Å². The molecule has 0 aliphatic carbocycles. The van der Waals surface area contributed by atoms with Gasteiger partial charge >= 0.3 is 0 Å². The van der Waals surface area contributed by atoms with Gasteiger partial charge in [0, 0.05) is 47.9 Å². The van der Waals surface area contributed by atoms with E-state index in [1.54, 1.807) is 0 Å². The molecule has 2 aromatic heterocycles. The summed E-state index contributed by atoms with van der Waals surface area (Å²) in [4.78, 5) is 0. The maximum absolute atomic E-state index is 2.39. The van der Waals surface area contributed by atoms with Crippen LogP contribution in [0.4, 0.5) is 0 Å². The molecule has 0 fully saturated rings. The molecule has 2 nitrogen and oxygen atoms in total. The zero-order valence-corrected chi connectivity index (χ0v) is 20.7. The molecule has 29 heavy (non-hydrogen) atoms. The Morgan fingerprint density at radius 2 is 0.966 bits per heavy atom. The fourth-order valence-electron chi connectivity index (χ4n) is 3.81. The summed E-state index contributed by atoms with van der Waals surface area (Å²) in [6.07, 6.45) is 6.80. The summed E-state index contributed by atoms with van der Waals surface area (Å²) < 4.78 is 4.78. The van der Waals surface area contributed by atoms with Gasteiger partial charge in [0.1, 0.15) is 13.1 Å². The van der Waals surface area contributed by atoms with Gasteiger partial charge in [-0.15, -0.1) is 0 Å². The molecular formula is C25H30I2N2. The van der Waals surface area contributed by atoms with E-state index in [9.17, 15) is 0 Å². The Balaban J connectivity index is 0.00000140. The van der Waals surface area contributed by atoms with Gasteiger partial charge in [-0.3, -0.25) is 0 Å². The molecule has 0 aliphatic heterocycles. The molecule has 0 N–H and O–H groups in total. The van der Waals surface area contributed by atoms with Crippen molar-refractivity contribution in [3.8, 4) is 0 Å².